The van der Waals surface area contributed by atoms with Crippen LogP contribution in [0.4, 0.5) is 8.78 Å². The van der Waals surface area contributed by atoms with Gasteiger partial charge in [0.1, 0.15) is 5.69 Å². The molecule has 0 atom stereocenters. The molecule has 0 fully saturated rings. The number of aldehydes is 1. The van der Waals surface area contributed by atoms with Crippen LogP contribution in [-0.2, 0) is 0 Å². The molecule has 0 saturated heterocycles. The molecule has 0 aliphatic heterocycles. The van der Waals surface area contributed by atoms with Crippen molar-refractivity contribution < 1.29 is 13.6 Å². The Labute approximate surface area is 87.5 Å². The summed E-state index contributed by atoms with van der Waals surface area (Å²) >= 11 is 1.78. The molecule has 70 valence electrons. The van der Waals surface area contributed by atoms with Gasteiger partial charge in [-0.1, -0.05) is 0 Å². The monoisotopic (exact) mass is 297 g/mol. The predicted octanol–water partition coefficient (Wildman–Crippen LogP) is 2.74. The van der Waals surface area contributed by atoms with Gasteiger partial charge >= 0.3 is 0 Å². The number of carbonyl (C=O) groups excluding carboxylic acids is 1. The van der Waals surface area contributed by atoms with Crippen molar-refractivity contribution in [2.24, 2.45) is 0 Å². The van der Waals surface area contributed by atoms with Crippen LogP contribution in [0.5, 0.6) is 0 Å². The molecule has 1 heterocycles. The number of alkyl halides is 2. The van der Waals surface area contributed by atoms with Crippen molar-refractivity contribution in [2.75, 3.05) is 0 Å². The Morgan fingerprint density at radius 3 is 2.69 bits per heavy atom. The molecule has 0 spiro atoms. The first-order valence-corrected chi connectivity index (χ1v) is 4.54. The van der Waals surface area contributed by atoms with E-state index in [-0.39, 0.29) is 16.8 Å². The maximum absolute atomic E-state index is 12.5. The maximum Gasteiger partial charge on any atom is 0.265 e. The second kappa shape index (κ2) is 4.08. The average molecular weight is 297 g/mol. The second-order valence-corrected chi connectivity index (χ2v) is 3.61. The molecule has 0 unspecified atom stereocenters. The SMILES string of the molecule is Cc1c(C=O)ncc(I)c1C(F)F. The first kappa shape index (κ1) is 10.5. The van der Waals surface area contributed by atoms with Crippen molar-refractivity contribution in [2.45, 2.75) is 13.3 Å². The van der Waals surface area contributed by atoms with Crippen LogP contribution in [-0.4, -0.2) is 11.3 Å². The number of hydrogen-bond acceptors (Lipinski definition) is 2. The zero-order chi connectivity index (χ0) is 10.0. The largest absolute Gasteiger partial charge is 0.296 e. The second-order valence-electron chi connectivity index (χ2n) is 2.45. The van der Waals surface area contributed by atoms with Crippen LogP contribution in [0, 0.1) is 10.5 Å². The lowest BCUT2D eigenvalue weighted by Gasteiger charge is -2.07. The lowest BCUT2D eigenvalue weighted by Crippen LogP contribution is -2.01. The molecular formula is C8H6F2INO. The molecule has 0 bridgehead atoms. The lowest BCUT2D eigenvalue weighted by atomic mass is 10.1. The van der Waals surface area contributed by atoms with Gasteiger partial charge in [-0.25, -0.2) is 8.78 Å². The van der Waals surface area contributed by atoms with E-state index in [0.717, 1.165) is 0 Å². The Balaban J connectivity index is 3.38. The fourth-order valence-electron chi connectivity index (χ4n) is 0.996. The number of halogens is 3. The van der Waals surface area contributed by atoms with Gasteiger partial charge in [0.25, 0.3) is 6.43 Å². The van der Waals surface area contributed by atoms with E-state index in [1.807, 2.05) is 0 Å². The number of nitrogens with zero attached hydrogens (tertiary/aromatic N) is 1. The molecule has 0 amide bonds. The van der Waals surface area contributed by atoms with Gasteiger partial charge in [0.15, 0.2) is 6.29 Å². The molecule has 1 aromatic heterocycles. The normalized spacial score (nSPS) is 10.5. The Kier molecular flexibility index (Phi) is 3.29. The molecule has 0 radical (unpaired) electrons. The molecule has 1 aromatic rings. The third-order valence-electron chi connectivity index (χ3n) is 1.69. The third kappa shape index (κ3) is 2.01. The van der Waals surface area contributed by atoms with Gasteiger partial charge in [-0.3, -0.25) is 9.78 Å². The number of rotatable bonds is 2. The van der Waals surface area contributed by atoms with Gasteiger partial charge in [-0.05, 0) is 35.1 Å². The van der Waals surface area contributed by atoms with Gasteiger partial charge in [0.2, 0.25) is 0 Å². The Morgan fingerprint density at radius 1 is 1.62 bits per heavy atom. The summed E-state index contributed by atoms with van der Waals surface area (Å²) in [6, 6.07) is 0. The van der Waals surface area contributed by atoms with E-state index in [4.69, 9.17) is 0 Å². The highest BCUT2D eigenvalue weighted by Gasteiger charge is 2.17. The Morgan fingerprint density at radius 2 is 2.23 bits per heavy atom. The van der Waals surface area contributed by atoms with Crippen molar-refractivity contribution in [3.05, 3.63) is 26.6 Å². The van der Waals surface area contributed by atoms with E-state index in [0.29, 0.717) is 9.86 Å². The maximum atomic E-state index is 12.5. The fraction of sp³-hybridized carbons (Fsp3) is 0.250. The third-order valence-corrected chi connectivity index (χ3v) is 2.55. The molecular weight excluding hydrogens is 291 g/mol. The summed E-state index contributed by atoms with van der Waals surface area (Å²) in [5.41, 5.74) is 0.241. The van der Waals surface area contributed by atoms with E-state index in [1.165, 1.54) is 13.1 Å². The van der Waals surface area contributed by atoms with Crippen molar-refractivity contribution in [3.63, 3.8) is 0 Å². The minimum atomic E-state index is -2.56. The molecule has 0 aromatic carbocycles. The number of aromatic nitrogens is 1. The average Bonchev–Trinajstić information content (AvgIpc) is 2.04. The summed E-state index contributed by atoms with van der Waals surface area (Å²) in [7, 11) is 0. The van der Waals surface area contributed by atoms with Crippen LogP contribution in [0.25, 0.3) is 0 Å². The van der Waals surface area contributed by atoms with Gasteiger partial charge in [-0.2, -0.15) is 0 Å². The van der Waals surface area contributed by atoms with Crippen LogP contribution in [0.1, 0.15) is 28.0 Å². The summed E-state index contributed by atoms with van der Waals surface area (Å²) < 4.78 is 25.3. The summed E-state index contributed by atoms with van der Waals surface area (Å²) in [6.07, 6.45) is -0.801. The standard InChI is InChI=1S/C8H6F2INO/c1-4-6(3-13)12-2-5(11)7(4)8(9)10/h2-3,8H,1H3. The highest BCUT2D eigenvalue weighted by atomic mass is 127. The van der Waals surface area contributed by atoms with Gasteiger partial charge in [0.05, 0.1) is 0 Å². The summed E-state index contributed by atoms with van der Waals surface area (Å²) in [4.78, 5) is 14.1. The first-order chi connectivity index (χ1) is 6.07. The zero-order valence-electron chi connectivity index (χ0n) is 6.72. The Bertz CT molecular complexity index is 341. The van der Waals surface area contributed by atoms with Crippen molar-refractivity contribution in [3.8, 4) is 0 Å². The van der Waals surface area contributed by atoms with Crippen molar-refractivity contribution in [1.29, 1.82) is 0 Å². The topological polar surface area (TPSA) is 30.0 Å². The van der Waals surface area contributed by atoms with Gasteiger partial charge in [-0.15, -0.1) is 0 Å². The van der Waals surface area contributed by atoms with E-state index < -0.39 is 6.43 Å². The highest BCUT2D eigenvalue weighted by Crippen LogP contribution is 2.27. The Hall–Kier alpha value is -0.590. The molecule has 0 aliphatic carbocycles. The van der Waals surface area contributed by atoms with Gasteiger partial charge < -0.3 is 0 Å². The molecule has 1 rings (SSSR count). The fourth-order valence-corrected chi connectivity index (χ4v) is 1.78. The molecule has 2 nitrogen and oxygen atoms in total. The smallest absolute Gasteiger partial charge is 0.265 e. The zero-order valence-corrected chi connectivity index (χ0v) is 8.88. The van der Waals surface area contributed by atoms with E-state index in [1.54, 1.807) is 22.6 Å². The van der Waals surface area contributed by atoms with Crippen LogP contribution in [0.15, 0.2) is 6.20 Å². The summed E-state index contributed by atoms with van der Waals surface area (Å²) in [6.45, 7) is 1.47. The van der Waals surface area contributed by atoms with Crippen molar-refractivity contribution >= 4 is 28.9 Å². The van der Waals surface area contributed by atoms with E-state index >= 15 is 0 Å². The first-order valence-electron chi connectivity index (χ1n) is 3.46. The number of pyridine rings is 1. The highest BCUT2D eigenvalue weighted by molar-refractivity contribution is 14.1. The predicted molar refractivity (Wildman–Crippen MR) is 52.0 cm³/mol. The van der Waals surface area contributed by atoms with Crippen molar-refractivity contribution in [1.82, 2.24) is 4.98 Å². The van der Waals surface area contributed by atoms with Crippen LogP contribution in [0.3, 0.4) is 0 Å². The van der Waals surface area contributed by atoms with E-state index in [2.05, 4.69) is 4.98 Å². The molecule has 0 saturated carbocycles. The minimum Gasteiger partial charge on any atom is -0.296 e. The van der Waals surface area contributed by atoms with E-state index in [9.17, 15) is 13.6 Å². The molecule has 0 aliphatic rings. The molecule has 5 heteroatoms. The molecule has 13 heavy (non-hydrogen) atoms. The number of carbonyl (C=O) groups is 1. The minimum absolute atomic E-state index is 0.0794. The van der Waals surface area contributed by atoms with Gasteiger partial charge in [0, 0.05) is 15.3 Å². The summed E-state index contributed by atoms with van der Waals surface area (Å²) in [5.74, 6) is 0. The number of hydrogen-bond donors (Lipinski definition) is 0. The van der Waals surface area contributed by atoms with Crippen LogP contribution >= 0.6 is 22.6 Å². The lowest BCUT2D eigenvalue weighted by molar-refractivity contribution is 0.111. The quantitative estimate of drug-likeness (QED) is 0.620. The van der Waals surface area contributed by atoms with Crippen LogP contribution < -0.4 is 0 Å². The van der Waals surface area contributed by atoms with Crippen LogP contribution in [0.2, 0.25) is 0 Å². The molecule has 0 N–H and O–H groups in total. The summed E-state index contributed by atoms with van der Waals surface area (Å²) in [5, 5.41) is 0.